The van der Waals surface area contributed by atoms with Gasteiger partial charge in [0, 0.05) is 25.1 Å². The van der Waals surface area contributed by atoms with Crippen molar-refractivity contribution in [3.63, 3.8) is 0 Å². The van der Waals surface area contributed by atoms with E-state index in [-0.39, 0.29) is 5.91 Å². The molecule has 0 spiro atoms. The summed E-state index contributed by atoms with van der Waals surface area (Å²) < 4.78 is 0.851. The van der Waals surface area contributed by atoms with Crippen molar-refractivity contribution >= 4 is 21.8 Å². The lowest BCUT2D eigenvalue weighted by Gasteiger charge is -2.10. The number of carbonyl (C=O) groups excluding carboxylic acids is 1. The number of hydrogen-bond acceptors (Lipinski definition) is 2. The van der Waals surface area contributed by atoms with Gasteiger partial charge in [0.15, 0.2) is 0 Å². The quantitative estimate of drug-likeness (QED) is 0.752. The molecule has 0 rings (SSSR count). The Hall–Kier alpha value is -0.350. The molecule has 0 bridgehead atoms. The van der Waals surface area contributed by atoms with Crippen LogP contribution in [0.15, 0.2) is 11.1 Å². The van der Waals surface area contributed by atoms with Gasteiger partial charge in [-0.2, -0.15) is 0 Å². The maximum atomic E-state index is 10.9. The fourth-order valence-corrected chi connectivity index (χ4v) is 0.661. The van der Waals surface area contributed by atoms with Gasteiger partial charge >= 0.3 is 0 Å². The van der Waals surface area contributed by atoms with Gasteiger partial charge in [0.2, 0.25) is 5.91 Å². The second kappa shape index (κ2) is 5.32. The Kier molecular flexibility index (Phi) is 5.15. The number of amides is 1. The molecule has 64 valence electrons. The summed E-state index contributed by atoms with van der Waals surface area (Å²) in [6.45, 7) is 4.61. The van der Waals surface area contributed by atoms with Crippen LogP contribution in [0.2, 0.25) is 0 Å². The first kappa shape index (κ1) is 10.7. The topological polar surface area (TPSA) is 32.3 Å². The van der Waals surface area contributed by atoms with Crippen molar-refractivity contribution in [2.75, 3.05) is 27.2 Å². The Morgan fingerprint density at radius 1 is 1.55 bits per heavy atom. The van der Waals surface area contributed by atoms with E-state index < -0.39 is 0 Å². The van der Waals surface area contributed by atoms with E-state index in [2.05, 4.69) is 27.8 Å². The van der Waals surface area contributed by atoms with E-state index in [4.69, 9.17) is 0 Å². The SMILES string of the molecule is C=C(Br)CNCC(=O)N(C)C. The molecular formula is C7H13BrN2O. The molecule has 0 aromatic heterocycles. The summed E-state index contributed by atoms with van der Waals surface area (Å²) in [5.74, 6) is 0.0683. The van der Waals surface area contributed by atoms with Crippen LogP contribution < -0.4 is 5.32 Å². The number of hydrogen-bond donors (Lipinski definition) is 1. The molecule has 1 amide bonds. The number of carbonyl (C=O) groups is 1. The average molecular weight is 221 g/mol. The van der Waals surface area contributed by atoms with E-state index in [9.17, 15) is 4.79 Å². The Balaban J connectivity index is 3.39. The van der Waals surface area contributed by atoms with Gasteiger partial charge in [-0.05, 0) is 0 Å². The number of nitrogens with zero attached hydrogens (tertiary/aromatic N) is 1. The van der Waals surface area contributed by atoms with Gasteiger partial charge in [-0.25, -0.2) is 0 Å². The predicted molar refractivity (Wildman–Crippen MR) is 49.6 cm³/mol. The normalized spacial score (nSPS) is 9.36. The van der Waals surface area contributed by atoms with Gasteiger partial charge in [-0.15, -0.1) is 0 Å². The molecule has 0 saturated carbocycles. The zero-order valence-corrected chi connectivity index (χ0v) is 8.44. The minimum Gasteiger partial charge on any atom is -0.348 e. The van der Waals surface area contributed by atoms with Crippen molar-refractivity contribution in [3.05, 3.63) is 11.1 Å². The summed E-state index contributed by atoms with van der Waals surface area (Å²) in [5, 5.41) is 2.93. The molecule has 1 N–H and O–H groups in total. The summed E-state index contributed by atoms with van der Waals surface area (Å²) in [5.41, 5.74) is 0. The molecule has 0 aliphatic rings. The zero-order chi connectivity index (χ0) is 8.85. The Morgan fingerprint density at radius 2 is 2.09 bits per heavy atom. The van der Waals surface area contributed by atoms with E-state index >= 15 is 0 Å². The van der Waals surface area contributed by atoms with Crippen LogP contribution >= 0.6 is 15.9 Å². The number of likely N-dealkylation sites (N-methyl/N-ethyl adjacent to an activating group) is 1. The fraction of sp³-hybridized carbons (Fsp3) is 0.571. The second-order valence-electron chi connectivity index (χ2n) is 2.41. The first-order valence-electron chi connectivity index (χ1n) is 3.28. The Labute approximate surface area is 75.6 Å². The van der Waals surface area contributed by atoms with Crippen LogP contribution in [0, 0.1) is 0 Å². The molecule has 0 aliphatic heterocycles. The highest BCUT2D eigenvalue weighted by molar-refractivity contribution is 9.11. The molecular weight excluding hydrogens is 208 g/mol. The van der Waals surface area contributed by atoms with Crippen LogP contribution in [0.25, 0.3) is 0 Å². The maximum Gasteiger partial charge on any atom is 0.236 e. The first-order valence-corrected chi connectivity index (χ1v) is 4.07. The Bertz CT molecular complexity index is 157. The smallest absolute Gasteiger partial charge is 0.236 e. The Morgan fingerprint density at radius 3 is 2.45 bits per heavy atom. The largest absolute Gasteiger partial charge is 0.348 e. The lowest BCUT2D eigenvalue weighted by Crippen LogP contribution is -2.33. The van der Waals surface area contributed by atoms with Crippen LogP contribution in [-0.4, -0.2) is 38.0 Å². The van der Waals surface area contributed by atoms with E-state index in [1.54, 1.807) is 19.0 Å². The molecule has 11 heavy (non-hydrogen) atoms. The number of rotatable bonds is 4. The highest BCUT2D eigenvalue weighted by Gasteiger charge is 2.01. The molecule has 0 heterocycles. The monoisotopic (exact) mass is 220 g/mol. The summed E-state index contributed by atoms with van der Waals surface area (Å²) in [7, 11) is 3.46. The molecule has 0 aromatic rings. The molecule has 0 radical (unpaired) electrons. The minimum atomic E-state index is 0.0683. The number of halogens is 1. The van der Waals surface area contributed by atoms with E-state index in [0.717, 1.165) is 4.48 Å². The summed E-state index contributed by atoms with van der Waals surface area (Å²) >= 11 is 3.18. The molecule has 4 heteroatoms. The fourth-order valence-electron chi connectivity index (χ4n) is 0.463. The lowest BCUT2D eigenvalue weighted by molar-refractivity contribution is -0.127. The van der Waals surface area contributed by atoms with Crippen molar-refractivity contribution in [2.45, 2.75) is 0 Å². The third-order valence-corrected chi connectivity index (χ3v) is 1.37. The van der Waals surface area contributed by atoms with E-state index in [0.29, 0.717) is 13.1 Å². The lowest BCUT2D eigenvalue weighted by atomic mass is 10.5. The van der Waals surface area contributed by atoms with Crippen molar-refractivity contribution in [1.29, 1.82) is 0 Å². The molecule has 3 nitrogen and oxygen atoms in total. The van der Waals surface area contributed by atoms with Gasteiger partial charge in [0.05, 0.1) is 6.54 Å². The van der Waals surface area contributed by atoms with Crippen LogP contribution in [0.5, 0.6) is 0 Å². The summed E-state index contributed by atoms with van der Waals surface area (Å²) in [6, 6.07) is 0. The van der Waals surface area contributed by atoms with Crippen molar-refractivity contribution in [2.24, 2.45) is 0 Å². The second-order valence-corrected chi connectivity index (χ2v) is 3.53. The van der Waals surface area contributed by atoms with Gasteiger partial charge < -0.3 is 10.2 Å². The zero-order valence-electron chi connectivity index (χ0n) is 6.85. The van der Waals surface area contributed by atoms with Gasteiger partial charge in [0.25, 0.3) is 0 Å². The van der Waals surface area contributed by atoms with Crippen LogP contribution in [-0.2, 0) is 4.79 Å². The van der Waals surface area contributed by atoms with Crippen molar-refractivity contribution in [1.82, 2.24) is 10.2 Å². The van der Waals surface area contributed by atoms with Crippen molar-refractivity contribution in [3.8, 4) is 0 Å². The predicted octanol–water partition coefficient (Wildman–Crippen LogP) is 0.573. The van der Waals surface area contributed by atoms with Crippen LogP contribution in [0.3, 0.4) is 0 Å². The van der Waals surface area contributed by atoms with Crippen LogP contribution in [0.4, 0.5) is 0 Å². The van der Waals surface area contributed by atoms with Gasteiger partial charge in [-0.1, -0.05) is 22.5 Å². The van der Waals surface area contributed by atoms with Crippen LogP contribution in [0.1, 0.15) is 0 Å². The standard InChI is InChI=1S/C7H13BrN2O/c1-6(8)4-9-5-7(11)10(2)3/h9H,1,4-5H2,2-3H3. The molecule has 0 saturated heterocycles. The van der Waals surface area contributed by atoms with E-state index in [1.807, 2.05) is 0 Å². The molecule has 0 atom stereocenters. The molecule has 0 aromatic carbocycles. The van der Waals surface area contributed by atoms with Crippen molar-refractivity contribution < 1.29 is 4.79 Å². The average Bonchev–Trinajstić information content (AvgIpc) is 1.86. The minimum absolute atomic E-state index is 0.0683. The molecule has 0 aliphatic carbocycles. The highest BCUT2D eigenvalue weighted by atomic mass is 79.9. The van der Waals surface area contributed by atoms with Gasteiger partial charge in [0.1, 0.15) is 0 Å². The third kappa shape index (κ3) is 6.06. The highest BCUT2D eigenvalue weighted by Crippen LogP contribution is 1.95. The van der Waals surface area contributed by atoms with Gasteiger partial charge in [-0.3, -0.25) is 4.79 Å². The molecule has 0 unspecified atom stereocenters. The summed E-state index contributed by atoms with van der Waals surface area (Å²) in [4.78, 5) is 12.5. The van der Waals surface area contributed by atoms with E-state index in [1.165, 1.54) is 0 Å². The number of nitrogens with one attached hydrogen (secondary N) is 1. The molecule has 0 fully saturated rings. The first-order chi connectivity index (χ1) is 5.04. The maximum absolute atomic E-state index is 10.9. The third-order valence-electron chi connectivity index (χ3n) is 1.09. The summed E-state index contributed by atoms with van der Waals surface area (Å²) in [6.07, 6.45) is 0.